The lowest BCUT2D eigenvalue weighted by Gasteiger charge is -2.33. The summed E-state index contributed by atoms with van der Waals surface area (Å²) in [5.41, 5.74) is 4.77. The van der Waals surface area contributed by atoms with Gasteiger partial charge in [-0.25, -0.2) is 9.79 Å². The van der Waals surface area contributed by atoms with E-state index >= 15 is 0 Å². The van der Waals surface area contributed by atoms with Gasteiger partial charge in [0.05, 0.1) is 30.5 Å². The van der Waals surface area contributed by atoms with E-state index in [0.29, 0.717) is 29.4 Å². The Labute approximate surface area is 221 Å². The number of amides is 1. The molecule has 0 saturated heterocycles. The molecule has 0 radical (unpaired) electrons. The Kier molecular flexibility index (Phi) is 8.23. The summed E-state index contributed by atoms with van der Waals surface area (Å²) in [6.45, 7) is 9.94. The van der Waals surface area contributed by atoms with Crippen molar-refractivity contribution in [3.8, 4) is 11.5 Å². The van der Waals surface area contributed by atoms with Crippen LogP contribution in [0.15, 0.2) is 64.3 Å². The number of benzene rings is 2. The molecule has 1 N–H and O–H groups in total. The highest BCUT2D eigenvalue weighted by Gasteiger charge is 2.37. The molecule has 2 heterocycles. The van der Waals surface area contributed by atoms with Crippen LogP contribution in [0.2, 0.25) is 0 Å². The Morgan fingerprint density at radius 2 is 1.76 bits per heavy atom. The Hall–Kier alpha value is -3.72. The summed E-state index contributed by atoms with van der Waals surface area (Å²) in [6, 6.07) is 10.9. The first-order valence-corrected chi connectivity index (χ1v) is 13.0. The van der Waals surface area contributed by atoms with Gasteiger partial charge in [-0.1, -0.05) is 23.9 Å². The van der Waals surface area contributed by atoms with Gasteiger partial charge in [-0.05, 0) is 81.0 Å². The van der Waals surface area contributed by atoms with Gasteiger partial charge in [0.2, 0.25) is 0 Å². The van der Waals surface area contributed by atoms with Crippen LogP contribution in [0.4, 0.5) is 5.69 Å². The van der Waals surface area contributed by atoms with Crippen molar-refractivity contribution in [2.45, 2.75) is 40.7 Å². The minimum atomic E-state index is -0.432. The van der Waals surface area contributed by atoms with E-state index in [2.05, 4.69) is 10.3 Å². The van der Waals surface area contributed by atoms with Gasteiger partial charge in [0.25, 0.3) is 5.91 Å². The van der Waals surface area contributed by atoms with Crippen LogP contribution in [0.1, 0.15) is 43.5 Å². The van der Waals surface area contributed by atoms with Gasteiger partial charge < -0.3 is 24.4 Å². The molecule has 2 aromatic rings. The first-order valence-electron chi connectivity index (χ1n) is 12.2. The molecule has 8 nitrogen and oxygen atoms in total. The summed E-state index contributed by atoms with van der Waals surface area (Å²) in [6.07, 6.45) is 1.90. The van der Waals surface area contributed by atoms with Gasteiger partial charge in [0, 0.05) is 11.9 Å². The first-order chi connectivity index (χ1) is 17.8. The number of allylic oxidation sites excluding steroid dienone is 1. The number of esters is 1. The fourth-order valence-electron chi connectivity index (χ4n) is 4.37. The molecule has 0 aliphatic carbocycles. The Morgan fingerprint density at radius 1 is 1.00 bits per heavy atom. The number of fused-ring (bicyclic) bond motifs is 1. The topological polar surface area (TPSA) is 89.5 Å². The fourth-order valence-corrected chi connectivity index (χ4v) is 5.16. The van der Waals surface area contributed by atoms with Gasteiger partial charge in [0.1, 0.15) is 0 Å². The number of nitrogens with one attached hydrogen (secondary N) is 1. The van der Waals surface area contributed by atoms with Crippen LogP contribution >= 0.6 is 11.8 Å². The molecule has 4 rings (SSSR count). The number of thioether (sulfide) groups is 1. The van der Waals surface area contributed by atoms with Crippen LogP contribution in [-0.2, 0) is 14.3 Å². The van der Waals surface area contributed by atoms with Crippen molar-refractivity contribution in [1.82, 2.24) is 4.90 Å². The van der Waals surface area contributed by atoms with Gasteiger partial charge in [-0.15, -0.1) is 0 Å². The van der Waals surface area contributed by atoms with Crippen LogP contribution in [0.25, 0.3) is 0 Å². The average molecular weight is 522 g/mol. The van der Waals surface area contributed by atoms with Crippen LogP contribution in [0.5, 0.6) is 11.5 Å². The summed E-state index contributed by atoms with van der Waals surface area (Å²) in [7, 11) is 0. The van der Waals surface area contributed by atoms with Gasteiger partial charge in [0.15, 0.2) is 23.3 Å². The molecule has 0 bridgehead atoms. The number of ether oxygens (including phenoxy) is 3. The van der Waals surface area contributed by atoms with E-state index in [9.17, 15) is 9.59 Å². The molecule has 1 atom stereocenters. The number of anilines is 1. The number of nitrogens with zero attached hydrogens (tertiary/aromatic N) is 2. The molecule has 0 unspecified atom stereocenters. The maximum Gasteiger partial charge on any atom is 0.338 e. The van der Waals surface area contributed by atoms with E-state index in [-0.39, 0.29) is 19.1 Å². The molecule has 0 fully saturated rings. The number of hydrogen-bond acceptors (Lipinski definition) is 8. The third kappa shape index (κ3) is 5.99. The monoisotopic (exact) mass is 521 g/mol. The largest absolute Gasteiger partial charge is 0.490 e. The van der Waals surface area contributed by atoms with Crippen molar-refractivity contribution in [2.24, 2.45) is 4.99 Å². The zero-order valence-electron chi connectivity index (χ0n) is 21.7. The number of rotatable bonds is 9. The van der Waals surface area contributed by atoms with Crippen LogP contribution < -0.4 is 14.8 Å². The Bertz CT molecular complexity index is 1280. The molecule has 37 heavy (non-hydrogen) atoms. The Morgan fingerprint density at radius 3 is 2.46 bits per heavy atom. The molecule has 0 saturated carbocycles. The number of carbonyl (C=O) groups excluding carboxylic acids is 2. The molecule has 1 amide bonds. The molecule has 2 aliphatic rings. The zero-order valence-corrected chi connectivity index (χ0v) is 22.5. The number of aliphatic imine (C=N–C) groups is 1. The van der Waals surface area contributed by atoms with Gasteiger partial charge >= 0.3 is 5.97 Å². The lowest BCUT2D eigenvalue weighted by molar-refractivity contribution is -0.139. The standard InChI is InChI=1S/C28H31N3O5S/c1-6-34-23-15-20(26-25(27(33)35-7-2)19(5)29-28-31(26)10-11-37-28)8-9-22(23)36-16-24(32)30-21-13-17(3)12-18(4)14-21/h8-15,26H,6-7,16H2,1-5H3,(H,30,32)/t26-/m1/s1. The minimum Gasteiger partial charge on any atom is -0.490 e. The smallest absolute Gasteiger partial charge is 0.338 e. The van der Waals surface area contributed by atoms with Crippen LogP contribution in [0.3, 0.4) is 0 Å². The second-order valence-corrected chi connectivity index (χ2v) is 9.55. The Balaban J connectivity index is 1.57. The summed E-state index contributed by atoms with van der Waals surface area (Å²) < 4.78 is 17.1. The van der Waals surface area contributed by atoms with Crippen molar-refractivity contribution in [3.05, 3.63) is 76.0 Å². The SMILES string of the molecule is CCOC(=O)C1=C(C)N=C2SC=CN2[C@@H]1c1ccc(OCC(=O)Nc2cc(C)cc(C)c2)c(OCC)c1. The highest BCUT2D eigenvalue weighted by atomic mass is 32.2. The third-order valence-corrected chi connectivity index (χ3v) is 6.53. The van der Waals surface area contributed by atoms with Crippen molar-refractivity contribution in [1.29, 1.82) is 0 Å². The quantitative estimate of drug-likeness (QED) is 0.437. The molecule has 0 aromatic heterocycles. The lowest BCUT2D eigenvalue weighted by Crippen LogP contribution is -2.34. The molecular weight excluding hydrogens is 490 g/mol. The molecule has 194 valence electrons. The van der Waals surface area contributed by atoms with E-state index in [1.54, 1.807) is 13.0 Å². The first kappa shape index (κ1) is 26.3. The fraction of sp³-hybridized carbons (Fsp3) is 0.321. The highest BCUT2D eigenvalue weighted by molar-refractivity contribution is 8.16. The van der Waals surface area contributed by atoms with E-state index in [0.717, 1.165) is 27.5 Å². The molecule has 9 heteroatoms. The number of aryl methyl sites for hydroxylation is 2. The lowest BCUT2D eigenvalue weighted by atomic mass is 9.94. The second kappa shape index (κ2) is 11.6. The summed E-state index contributed by atoms with van der Waals surface area (Å²) in [4.78, 5) is 32.0. The van der Waals surface area contributed by atoms with Gasteiger partial charge in [-0.2, -0.15) is 0 Å². The third-order valence-electron chi connectivity index (χ3n) is 5.76. The van der Waals surface area contributed by atoms with E-state index in [1.165, 1.54) is 11.8 Å². The second-order valence-electron chi connectivity index (χ2n) is 8.68. The number of amidine groups is 1. The van der Waals surface area contributed by atoms with Crippen LogP contribution in [-0.4, -0.2) is 41.8 Å². The summed E-state index contributed by atoms with van der Waals surface area (Å²) >= 11 is 1.50. The minimum absolute atomic E-state index is 0.175. The molecule has 2 aromatic carbocycles. The molecule has 0 spiro atoms. The summed E-state index contributed by atoms with van der Waals surface area (Å²) in [5, 5.41) is 5.60. The maximum absolute atomic E-state index is 12.9. The van der Waals surface area contributed by atoms with Crippen molar-refractivity contribution in [3.63, 3.8) is 0 Å². The van der Waals surface area contributed by atoms with Crippen molar-refractivity contribution in [2.75, 3.05) is 25.1 Å². The highest BCUT2D eigenvalue weighted by Crippen LogP contribution is 2.43. The van der Waals surface area contributed by atoms with E-state index in [1.807, 2.05) is 74.5 Å². The van der Waals surface area contributed by atoms with Crippen molar-refractivity contribution >= 4 is 34.5 Å². The predicted molar refractivity (Wildman–Crippen MR) is 146 cm³/mol. The number of hydrogen-bond donors (Lipinski definition) is 1. The molecule has 2 aliphatic heterocycles. The van der Waals surface area contributed by atoms with E-state index in [4.69, 9.17) is 14.2 Å². The maximum atomic E-state index is 12.9. The predicted octanol–water partition coefficient (Wildman–Crippen LogP) is 5.49. The van der Waals surface area contributed by atoms with Crippen LogP contribution in [0, 0.1) is 13.8 Å². The summed E-state index contributed by atoms with van der Waals surface area (Å²) in [5.74, 6) is 0.252. The average Bonchev–Trinajstić information content (AvgIpc) is 3.30. The normalized spacial score (nSPS) is 16.3. The zero-order chi connectivity index (χ0) is 26.5. The van der Waals surface area contributed by atoms with E-state index < -0.39 is 12.0 Å². The molecular formula is C28H31N3O5S. The number of carbonyl (C=O) groups is 2. The van der Waals surface area contributed by atoms with Crippen molar-refractivity contribution < 1.29 is 23.8 Å². The van der Waals surface area contributed by atoms with Gasteiger partial charge in [-0.3, -0.25) is 4.79 Å².